The first kappa shape index (κ1) is 28.6. The van der Waals surface area contributed by atoms with Gasteiger partial charge in [0.1, 0.15) is 0 Å². The number of hydrogen-bond acceptors (Lipinski definition) is 6. The van der Waals surface area contributed by atoms with Crippen molar-refractivity contribution in [1.29, 1.82) is 0 Å². The highest BCUT2D eigenvalue weighted by atomic mass is 32.1. The van der Waals surface area contributed by atoms with Crippen molar-refractivity contribution in [2.75, 3.05) is 52.4 Å². The standard InChI is InChI=1S/C20H42N8S2/c1-7-27(8-2)15-11-13-21-19(29)25-23-17(5)18(6)24-26-20(30)22-14-12-16-28(9-3)10-4/h7-16H2,1-6H3,(H2,21,25,29)(H2,22,26,30). The summed E-state index contributed by atoms with van der Waals surface area (Å²) in [6, 6.07) is 0. The summed E-state index contributed by atoms with van der Waals surface area (Å²) < 4.78 is 0. The normalized spacial score (nSPS) is 12.3. The van der Waals surface area contributed by atoms with E-state index < -0.39 is 0 Å². The van der Waals surface area contributed by atoms with Gasteiger partial charge in [0.2, 0.25) is 0 Å². The molecule has 0 aliphatic rings. The number of hydrazone groups is 2. The maximum Gasteiger partial charge on any atom is 0.186 e. The number of nitrogens with one attached hydrogen (secondary N) is 4. The van der Waals surface area contributed by atoms with E-state index in [0.29, 0.717) is 10.2 Å². The molecule has 0 rings (SSSR count). The predicted octanol–water partition coefficient (Wildman–Crippen LogP) is 2.13. The van der Waals surface area contributed by atoms with Crippen LogP contribution in [0.5, 0.6) is 0 Å². The molecule has 4 N–H and O–H groups in total. The van der Waals surface area contributed by atoms with Crippen LogP contribution in [-0.2, 0) is 0 Å². The Bertz CT molecular complexity index is 495. The van der Waals surface area contributed by atoms with Crippen molar-refractivity contribution in [1.82, 2.24) is 31.3 Å². The molecule has 8 nitrogen and oxygen atoms in total. The van der Waals surface area contributed by atoms with Crippen LogP contribution in [0.15, 0.2) is 10.2 Å². The molecular weight excluding hydrogens is 416 g/mol. The summed E-state index contributed by atoms with van der Waals surface area (Å²) >= 11 is 10.5. The van der Waals surface area contributed by atoms with Gasteiger partial charge < -0.3 is 20.4 Å². The zero-order valence-electron chi connectivity index (χ0n) is 19.7. The van der Waals surface area contributed by atoms with Gasteiger partial charge in [-0.2, -0.15) is 10.2 Å². The van der Waals surface area contributed by atoms with E-state index in [9.17, 15) is 0 Å². The molecule has 0 aromatic heterocycles. The van der Waals surface area contributed by atoms with E-state index in [0.717, 1.165) is 76.6 Å². The van der Waals surface area contributed by atoms with Crippen LogP contribution >= 0.6 is 24.4 Å². The van der Waals surface area contributed by atoms with Crippen molar-refractivity contribution in [2.24, 2.45) is 10.2 Å². The lowest BCUT2D eigenvalue weighted by Gasteiger charge is -2.18. The van der Waals surface area contributed by atoms with E-state index in [-0.39, 0.29) is 0 Å². The summed E-state index contributed by atoms with van der Waals surface area (Å²) in [6.07, 6.45) is 2.08. The minimum atomic E-state index is 0.514. The molecule has 0 aliphatic heterocycles. The quantitative estimate of drug-likeness (QED) is 0.129. The Morgan fingerprint density at radius 1 is 0.667 bits per heavy atom. The second kappa shape index (κ2) is 18.4. The molecule has 0 aromatic rings. The van der Waals surface area contributed by atoms with Gasteiger partial charge in [-0.1, -0.05) is 27.7 Å². The molecule has 30 heavy (non-hydrogen) atoms. The first-order chi connectivity index (χ1) is 14.4. The third kappa shape index (κ3) is 14.6. The van der Waals surface area contributed by atoms with Gasteiger partial charge in [-0.3, -0.25) is 10.9 Å². The molecule has 0 fully saturated rings. The summed E-state index contributed by atoms with van der Waals surface area (Å²) in [6.45, 7) is 20.5. The topological polar surface area (TPSA) is 79.3 Å². The van der Waals surface area contributed by atoms with Gasteiger partial charge >= 0.3 is 0 Å². The van der Waals surface area contributed by atoms with Gasteiger partial charge in [-0.25, -0.2) is 0 Å². The van der Waals surface area contributed by atoms with E-state index in [4.69, 9.17) is 24.4 Å². The number of hydrogen-bond donors (Lipinski definition) is 4. The zero-order chi connectivity index (χ0) is 22.8. The smallest absolute Gasteiger partial charge is 0.186 e. The van der Waals surface area contributed by atoms with Crippen LogP contribution in [0, 0.1) is 0 Å². The Kier molecular flexibility index (Phi) is 17.6. The van der Waals surface area contributed by atoms with Crippen LogP contribution in [0.2, 0.25) is 0 Å². The fraction of sp³-hybridized carbons (Fsp3) is 0.800. The first-order valence-corrected chi connectivity index (χ1v) is 11.8. The minimum Gasteiger partial charge on any atom is -0.361 e. The Hall–Kier alpha value is -1.36. The predicted molar refractivity (Wildman–Crippen MR) is 139 cm³/mol. The lowest BCUT2D eigenvalue weighted by molar-refractivity contribution is 0.300. The van der Waals surface area contributed by atoms with E-state index in [2.05, 4.69) is 69.2 Å². The van der Waals surface area contributed by atoms with Crippen molar-refractivity contribution in [2.45, 2.75) is 54.4 Å². The van der Waals surface area contributed by atoms with Crippen molar-refractivity contribution >= 4 is 46.1 Å². The van der Waals surface area contributed by atoms with Crippen molar-refractivity contribution in [3.05, 3.63) is 0 Å². The second-order valence-electron chi connectivity index (χ2n) is 6.89. The van der Waals surface area contributed by atoms with E-state index in [1.807, 2.05) is 13.8 Å². The Morgan fingerprint density at radius 2 is 1.00 bits per heavy atom. The molecular formula is C20H42N8S2. The molecule has 174 valence electrons. The number of nitrogens with zero attached hydrogens (tertiary/aromatic N) is 4. The summed E-state index contributed by atoms with van der Waals surface area (Å²) in [7, 11) is 0. The van der Waals surface area contributed by atoms with Crippen LogP contribution in [-0.4, -0.2) is 83.8 Å². The second-order valence-corrected chi connectivity index (χ2v) is 7.71. The monoisotopic (exact) mass is 458 g/mol. The molecule has 0 saturated heterocycles. The molecule has 0 unspecified atom stereocenters. The molecule has 0 amide bonds. The van der Waals surface area contributed by atoms with Gasteiger partial charge in [0.05, 0.1) is 11.4 Å². The fourth-order valence-corrected chi connectivity index (χ4v) is 2.89. The molecule has 0 atom stereocenters. The molecule has 0 saturated carbocycles. The first-order valence-electron chi connectivity index (χ1n) is 11.0. The lowest BCUT2D eigenvalue weighted by Crippen LogP contribution is -2.36. The van der Waals surface area contributed by atoms with Gasteiger partial charge in [-0.15, -0.1) is 0 Å². The van der Waals surface area contributed by atoms with Gasteiger partial charge in [0, 0.05) is 13.1 Å². The summed E-state index contributed by atoms with van der Waals surface area (Å²) in [4.78, 5) is 4.77. The molecule has 0 radical (unpaired) electrons. The van der Waals surface area contributed by atoms with Crippen LogP contribution in [0.3, 0.4) is 0 Å². The summed E-state index contributed by atoms with van der Waals surface area (Å²) in [5.74, 6) is 0. The summed E-state index contributed by atoms with van der Waals surface area (Å²) in [5.41, 5.74) is 7.20. The maximum atomic E-state index is 5.26. The maximum absolute atomic E-state index is 5.26. The Labute approximate surface area is 194 Å². The van der Waals surface area contributed by atoms with Gasteiger partial charge in [-0.05, 0) is 90.4 Å². The van der Waals surface area contributed by atoms with Crippen molar-refractivity contribution in [3.8, 4) is 0 Å². The molecule has 0 bridgehead atoms. The molecule has 10 heteroatoms. The van der Waals surface area contributed by atoms with Crippen LogP contribution in [0.4, 0.5) is 0 Å². The van der Waals surface area contributed by atoms with E-state index in [1.54, 1.807) is 0 Å². The molecule has 0 aromatic carbocycles. The van der Waals surface area contributed by atoms with Crippen LogP contribution in [0.25, 0.3) is 0 Å². The fourth-order valence-electron chi connectivity index (χ4n) is 2.60. The number of thiocarbonyl (C=S) groups is 2. The highest BCUT2D eigenvalue weighted by Gasteiger charge is 2.02. The van der Waals surface area contributed by atoms with Gasteiger partial charge in [0.25, 0.3) is 0 Å². The average Bonchev–Trinajstić information content (AvgIpc) is 2.75. The van der Waals surface area contributed by atoms with E-state index in [1.165, 1.54) is 0 Å². The Balaban J connectivity index is 4.11. The van der Waals surface area contributed by atoms with E-state index >= 15 is 0 Å². The molecule has 0 aliphatic carbocycles. The Morgan fingerprint density at radius 3 is 1.30 bits per heavy atom. The molecule has 0 heterocycles. The average molecular weight is 459 g/mol. The highest BCUT2D eigenvalue weighted by molar-refractivity contribution is 7.80. The van der Waals surface area contributed by atoms with Crippen LogP contribution < -0.4 is 21.5 Å². The SMILES string of the molecule is CCN(CC)CCCNC(=S)NN=C(C)C(C)=NNC(=S)NCCCN(CC)CC. The van der Waals surface area contributed by atoms with Crippen molar-refractivity contribution in [3.63, 3.8) is 0 Å². The lowest BCUT2D eigenvalue weighted by atomic mass is 10.3. The molecule has 0 spiro atoms. The minimum absolute atomic E-state index is 0.514. The highest BCUT2D eigenvalue weighted by Crippen LogP contribution is 1.90. The third-order valence-corrected chi connectivity index (χ3v) is 5.31. The van der Waals surface area contributed by atoms with Crippen LogP contribution in [0.1, 0.15) is 54.4 Å². The van der Waals surface area contributed by atoms with Gasteiger partial charge in [0.15, 0.2) is 10.2 Å². The van der Waals surface area contributed by atoms with Crippen molar-refractivity contribution < 1.29 is 0 Å². The number of rotatable bonds is 15. The third-order valence-electron chi connectivity index (χ3n) is 4.84. The summed E-state index contributed by atoms with van der Waals surface area (Å²) in [5, 5.41) is 15.9. The largest absolute Gasteiger partial charge is 0.361 e. The zero-order valence-corrected chi connectivity index (χ0v) is 21.3.